The van der Waals surface area contributed by atoms with Crippen molar-refractivity contribution in [3.05, 3.63) is 0 Å². The van der Waals surface area contributed by atoms with E-state index in [2.05, 4.69) is 22.0 Å². The van der Waals surface area contributed by atoms with E-state index in [-0.39, 0.29) is 17.9 Å². The molecule has 6 nitrogen and oxygen atoms in total. The van der Waals surface area contributed by atoms with Crippen LogP contribution in [0.3, 0.4) is 0 Å². The zero-order valence-electron chi connectivity index (χ0n) is 13.7. The Morgan fingerprint density at radius 3 is 2.55 bits per heavy atom. The van der Waals surface area contributed by atoms with Crippen molar-refractivity contribution in [2.24, 2.45) is 5.73 Å². The topological polar surface area (TPSA) is 78.7 Å². The molecule has 0 spiro atoms. The molecule has 6 heteroatoms. The molecule has 2 heterocycles. The summed E-state index contributed by atoms with van der Waals surface area (Å²) in [6.45, 7) is 6.22. The number of primary amides is 1. The summed E-state index contributed by atoms with van der Waals surface area (Å²) < 4.78 is 0. The van der Waals surface area contributed by atoms with Crippen LogP contribution in [0.1, 0.15) is 45.4 Å². The number of hydrogen-bond acceptors (Lipinski definition) is 4. The highest BCUT2D eigenvalue weighted by molar-refractivity contribution is 5.80. The fourth-order valence-electron chi connectivity index (χ4n) is 3.60. The molecule has 0 aliphatic carbocycles. The van der Waals surface area contributed by atoms with Crippen LogP contribution >= 0.6 is 0 Å². The summed E-state index contributed by atoms with van der Waals surface area (Å²) >= 11 is 0. The van der Waals surface area contributed by atoms with Crippen LogP contribution in [-0.2, 0) is 9.59 Å². The smallest absolute Gasteiger partial charge is 0.234 e. The fourth-order valence-corrected chi connectivity index (χ4v) is 3.60. The van der Waals surface area contributed by atoms with E-state index in [4.69, 9.17) is 5.73 Å². The largest absolute Gasteiger partial charge is 0.368 e. The van der Waals surface area contributed by atoms with E-state index < -0.39 is 0 Å². The summed E-state index contributed by atoms with van der Waals surface area (Å²) in [7, 11) is 0. The Balaban J connectivity index is 1.71. The molecule has 3 N–H and O–H groups in total. The van der Waals surface area contributed by atoms with Crippen molar-refractivity contribution in [1.29, 1.82) is 0 Å². The Morgan fingerprint density at radius 2 is 1.91 bits per heavy atom. The molecule has 0 saturated carbocycles. The van der Waals surface area contributed by atoms with E-state index in [1.165, 1.54) is 0 Å². The number of unbranched alkanes of at least 4 members (excludes halogenated alkanes) is 1. The number of likely N-dealkylation sites (tertiary alicyclic amines) is 2. The Hall–Kier alpha value is -1.14. The minimum absolute atomic E-state index is 0.0751. The number of piperidine rings is 1. The van der Waals surface area contributed by atoms with Crippen molar-refractivity contribution >= 4 is 11.8 Å². The van der Waals surface area contributed by atoms with Gasteiger partial charge < -0.3 is 11.1 Å². The second-order valence-electron chi connectivity index (χ2n) is 6.51. The molecule has 2 rings (SSSR count). The van der Waals surface area contributed by atoms with Gasteiger partial charge in [0.2, 0.25) is 11.8 Å². The van der Waals surface area contributed by atoms with Crippen LogP contribution in [-0.4, -0.2) is 66.4 Å². The first-order valence-corrected chi connectivity index (χ1v) is 8.66. The van der Waals surface area contributed by atoms with Crippen LogP contribution in [0.25, 0.3) is 0 Å². The first-order valence-electron chi connectivity index (χ1n) is 8.66. The molecule has 126 valence electrons. The van der Waals surface area contributed by atoms with Gasteiger partial charge in [0.15, 0.2) is 0 Å². The highest BCUT2D eigenvalue weighted by Crippen LogP contribution is 2.25. The lowest BCUT2D eigenvalue weighted by Crippen LogP contribution is -2.51. The molecule has 1 atom stereocenters. The Bertz CT molecular complexity index is 380. The van der Waals surface area contributed by atoms with Crippen LogP contribution in [0.15, 0.2) is 0 Å². The summed E-state index contributed by atoms with van der Waals surface area (Å²) in [6.07, 6.45) is 6.14. The lowest BCUT2D eigenvalue weighted by atomic mass is 10.0. The molecule has 2 amide bonds. The van der Waals surface area contributed by atoms with E-state index in [0.29, 0.717) is 12.6 Å². The molecule has 0 aromatic carbocycles. The summed E-state index contributed by atoms with van der Waals surface area (Å²) in [5.74, 6) is -0.0571. The van der Waals surface area contributed by atoms with Crippen LogP contribution in [0.2, 0.25) is 0 Å². The van der Waals surface area contributed by atoms with Gasteiger partial charge in [-0.05, 0) is 38.6 Å². The van der Waals surface area contributed by atoms with Crippen LogP contribution in [0.5, 0.6) is 0 Å². The number of carbonyl (C=O) groups is 2. The third-order valence-corrected chi connectivity index (χ3v) is 4.87. The minimum Gasteiger partial charge on any atom is -0.368 e. The van der Waals surface area contributed by atoms with Gasteiger partial charge in [-0.15, -0.1) is 0 Å². The number of carbonyl (C=O) groups excluding carboxylic acids is 2. The summed E-state index contributed by atoms with van der Waals surface area (Å²) in [6, 6.07) is 0.369. The van der Waals surface area contributed by atoms with Crippen molar-refractivity contribution in [1.82, 2.24) is 15.1 Å². The molecule has 0 aromatic rings. The third-order valence-electron chi connectivity index (χ3n) is 4.87. The van der Waals surface area contributed by atoms with Crippen LogP contribution < -0.4 is 11.1 Å². The van der Waals surface area contributed by atoms with Crippen molar-refractivity contribution < 1.29 is 9.59 Å². The minimum atomic E-state index is -0.185. The summed E-state index contributed by atoms with van der Waals surface area (Å²) in [4.78, 5) is 27.9. The predicted octanol–water partition coefficient (Wildman–Crippen LogP) is 0.317. The molecule has 2 saturated heterocycles. The fraction of sp³-hybridized carbons (Fsp3) is 0.875. The van der Waals surface area contributed by atoms with E-state index in [1.807, 2.05) is 0 Å². The molecule has 22 heavy (non-hydrogen) atoms. The van der Waals surface area contributed by atoms with Gasteiger partial charge in [0.1, 0.15) is 0 Å². The van der Waals surface area contributed by atoms with Gasteiger partial charge in [0, 0.05) is 25.7 Å². The SMILES string of the molecule is CCCCNC(=O)CN1CCC(N2CCC[C@H]2C(N)=O)CC1. The quantitative estimate of drug-likeness (QED) is 0.664. The summed E-state index contributed by atoms with van der Waals surface area (Å²) in [5.41, 5.74) is 5.50. The van der Waals surface area contributed by atoms with E-state index in [9.17, 15) is 9.59 Å². The monoisotopic (exact) mass is 310 g/mol. The Labute approximate surface area is 133 Å². The molecule has 0 aromatic heterocycles. The second kappa shape index (κ2) is 8.48. The van der Waals surface area contributed by atoms with Gasteiger partial charge in [0.25, 0.3) is 0 Å². The van der Waals surface area contributed by atoms with E-state index in [1.54, 1.807) is 0 Å². The number of rotatable bonds is 7. The average molecular weight is 310 g/mol. The van der Waals surface area contributed by atoms with Gasteiger partial charge in [-0.3, -0.25) is 19.4 Å². The molecular weight excluding hydrogens is 280 g/mol. The highest BCUT2D eigenvalue weighted by atomic mass is 16.2. The molecule has 2 aliphatic heterocycles. The van der Waals surface area contributed by atoms with Crippen molar-refractivity contribution in [3.63, 3.8) is 0 Å². The average Bonchev–Trinajstić information content (AvgIpc) is 2.98. The third kappa shape index (κ3) is 4.68. The van der Waals surface area contributed by atoms with E-state index >= 15 is 0 Å². The van der Waals surface area contributed by atoms with Crippen molar-refractivity contribution in [3.8, 4) is 0 Å². The normalized spacial score (nSPS) is 24.5. The maximum atomic E-state index is 11.8. The maximum absolute atomic E-state index is 11.8. The predicted molar refractivity (Wildman–Crippen MR) is 86.3 cm³/mol. The summed E-state index contributed by atoms with van der Waals surface area (Å²) in [5, 5.41) is 2.97. The number of nitrogens with two attached hydrogens (primary N) is 1. The lowest BCUT2D eigenvalue weighted by molar-refractivity contribution is -0.123. The molecule has 0 radical (unpaired) electrons. The molecule has 2 fully saturated rings. The van der Waals surface area contributed by atoms with Crippen molar-refractivity contribution in [2.45, 2.75) is 57.5 Å². The van der Waals surface area contributed by atoms with Gasteiger partial charge in [-0.25, -0.2) is 0 Å². The molecule has 0 unspecified atom stereocenters. The second-order valence-corrected chi connectivity index (χ2v) is 6.51. The lowest BCUT2D eigenvalue weighted by Gasteiger charge is -2.38. The first kappa shape index (κ1) is 17.2. The number of amides is 2. The van der Waals surface area contributed by atoms with Gasteiger partial charge in [-0.2, -0.15) is 0 Å². The Morgan fingerprint density at radius 1 is 1.18 bits per heavy atom. The molecule has 0 bridgehead atoms. The van der Waals surface area contributed by atoms with Crippen LogP contribution in [0.4, 0.5) is 0 Å². The zero-order chi connectivity index (χ0) is 15.9. The number of nitrogens with one attached hydrogen (secondary N) is 1. The van der Waals surface area contributed by atoms with E-state index in [0.717, 1.165) is 64.7 Å². The van der Waals surface area contributed by atoms with Gasteiger partial charge in [-0.1, -0.05) is 13.3 Å². The number of hydrogen-bond donors (Lipinski definition) is 2. The molecule has 2 aliphatic rings. The standard InChI is InChI=1S/C16H30N4O2/c1-2-3-8-18-15(21)12-19-10-6-13(7-11-19)20-9-4-5-14(20)16(17)22/h13-14H,2-12H2,1H3,(H2,17,22)(H,18,21)/t14-/m0/s1. The van der Waals surface area contributed by atoms with Gasteiger partial charge in [0.05, 0.1) is 12.6 Å². The molecular formula is C16H30N4O2. The Kier molecular flexibility index (Phi) is 6.64. The number of nitrogens with zero attached hydrogens (tertiary/aromatic N) is 2. The van der Waals surface area contributed by atoms with Crippen LogP contribution in [0, 0.1) is 0 Å². The highest BCUT2D eigenvalue weighted by Gasteiger charge is 2.35. The maximum Gasteiger partial charge on any atom is 0.234 e. The zero-order valence-corrected chi connectivity index (χ0v) is 13.7. The first-order chi connectivity index (χ1) is 10.6. The van der Waals surface area contributed by atoms with Crippen molar-refractivity contribution in [2.75, 3.05) is 32.7 Å². The van der Waals surface area contributed by atoms with Gasteiger partial charge >= 0.3 is 0 Å².